The quantitative estimate of drug-likeness (QED) is 0.703. The lowest BCUT2D eigenvalue weighted by Crippen LogP contribution is -2.54. The van der Waals surface area contributed by atoms with Crippen molar-refractivity contribution in [2.45, 2.75) is 68.2 Å². The van der Waals surface area contributed by atoms with E-state index in [-0.39, 0.29) is 18.3 Å². The fraction of sp³-hybridized carbons (Fsp3) is 0.923. The van der Waals surface area contributed by atoms with Crippen LogP contribution in [0, 0.1) is 6.57 Å². The summed E-state index contributed by atoms with van der Waals surface area (Å²) in [5.41, 5.74) is -0.422. The third-order valence-electron chi connectivity index (χ3n) is 4.52. The van der Waals surface area contributed by atoms with Crippen molar-refractivity contribution in [1.29, 1.82) is 0 Å². The highest BCUT2D eigenvalue weighted by Gasteiger charge is 2.59. The first-order chi connectivity index (χ1) is 8.64. The molecule has 1 saturated carbocycles. The van der Waals surface area contributed by atoms with Crippen molar-refractivity contribution in [2.75, 3.05) is 6.54 Å². The second kappa shape index (κ2) is 4.46. The Hall–Kier alpha value is -0.670. The monoisotopic (exact) mass is 253 g/mol. The zero-order chi connectivity index (χ0) is 12.8. The van der Waals surface area contributed by atoms with Gasteiger partial charge in [0.2, 0.25) is 6.54 Å². The number of aliphatic hydroxyl groups is 2. The predicted molar refractivity (Wildman–Crippen MR) is 62.8 cm³/mol. The normalized spacial score (nSPS) is 50.6. The van der Waals surface area contributed by atoms with E-state index in [4.69, 9.17) is 16.0 Å². The van der Waals surface area contributed by atoms with Gasteiger partial charge in [-0.05, 0) is 12.8 Å². The number of ether oxygens (including phenoxy) is 2. The van der Waals surface area contributed by atoms with E-state index in [1.807, 2.05) is 0 Å². The molecule has 100 valence electrons. The van der Waals surface area contributed by atoms with Gasteiger partial charge < -0.3 is 24.5 Å². The van der Waals surface area contributed by atoms with E-state index in [0.29, 0.717) is 19.4 Å². The molecule has 1 spiro atoms. The first-order valence-corrected chi connectivity index (χ1v) is 6.67. The molecule has 0 amide bonds. The molecule has 2 bridgehead atoms. The Morgan fingerprint density at radius 2 is 2.11 bits per heavy atom. The van der Waals surface area contributed by atoms with E-state index in [1.165, 1.54) is 0 Å². The zero-order valence-electron chi connectivity index (χ0n) is 10.3. The molecule has 5 heteroatoms. The minimum Gasteiger partial charge on any atom is -0.390 e. The fourth-order valence-corrected chi connectivity index (χ4v) is 3.64. The average molecular weight is 253 g/mol. The van der Waals surface area contributed by atoms with Crippen LogP contribution in [-0.2, 0) is 9.47 Å². The maximum atomic E-state index is 9.90. The van der Waals surface area contributed by atoms with Gasteiger partial charge in [0.05, 0.1) is 30.0 Å². The van der Waals surface area contributed by atoms with Crippen molar-refractivity contribution in [3.05, 3.63) is 11.4 Å². The number of nitrogens with zero attached hydrogens (tertiary/aromatic N) is 1. The Morgan fingerprint density at radius 3 is 2.89 bits per heavy atom. The zero-order valence-corrected chi connectivity index (χ0v) is 10.3. The summed E-state index contributed by atoms with van der Waals surface area (Å²) in [5.74, 6) is 0. The van der Waals surface area contributed by atoms with Crippen molar-refractivity contribution < 1.29 is 19.7 Å². The SMILES string of the molecule is [C-]#[N+]CC[C@H]1CC[C@@H]2O[C@@H]3CC2(C[C@@H](O)C3O)O1. The number of hydrogen-bond donors (Lipinski definition) is 2. The minimum atomic E-state index is -0.786. The van der Waals surface area contributed by atoms with Gasteiger partial charge in [0.25, 0.3) is 0 Å². The van der Waals surface area contributed by atoms with Crippen LogP contribution in [0.25, 0.3) is 4.85 Å². The Kier molecular flexibility index (Phi) is 3.07. The fourth-order valence-electron chi connectivity index (χ4n) is 3.64. The van der Waals surface area contributed by atoms with Crippen molar-refractivity contribution >= 4 is 0 Å². The molecular weight excluding hydrogens is 234 g/mol. The lowest BCUT2D eigenvalue weighted by Gasteiger charge is -2.44. The van der Waals surface area contributed by atoms with E-state index in [0.717, 1.165) is 19.3 Å². The van der Waals surface area contributed by atoms with Gasteiger partial charge in [-0.2, -0.15) is 0 Å². The number of fused-ring (bicyclic) bond motifs is 1. The molecule has 2 N–H and O–H groups in total. The van der Waals surface area contributed by atoms with E-state index in [9.17, 15) is 10.2 Å². The lowest BCUT2D eigenvalue weighted by atomic mass is 9.76. The molecule has 0 aromatic rings. The summed E-state index contributed by atoms with van der Waals surface area (Å²) in [7, 11) is 0. The van der Waals surface area contributed by atoms with E-state index < -0.39 is 17.8 Å². The molecule has 3 fully saturated rings. The molecule has 0 aromatic heterocycles. The van der Waals surface area contributed by atoms with Gasteiger partial charge in [0.15, 0.2) is 0 Å². The van der Waals surface area contributed by atoms with Gasteiger partial charge in [0, 0.05) is 19.3 Å². The van der Waals surface area contributed by atoms with Crippen LogP contribution in [0.5, 0.6) is 0 Å². The molecule has 2 aliphatic heterocycles. The molecule has 2 saturated heterocycles. The molecule has 3 aliphatic rings. The molecule has 2 heterocycles. The summed E-state index contributed by atoms with van der Waals surface area (Å²) in [4.78, 5) is 3.37. The summed E-state index contributed by atoms with van der Waals surface area (Å²) in [6.45, 7) is 7.32. The Morgan fingerprint density at radius 1 is 1.28 bits per heavy atom. The van der Waals surface area contributed by atoms with Gasteiger partial charge >= 0.3 is 0 Å². The predicted octanol–water partition coefficient (Wildman–Crippen LogP) is 0.497. The Balaban J connectivity index is 1.74. The van der Waals surface area contributed by atoms with Crippen LogP contribution in [0.15, 0.2) is 0 Å². The molecule has 1 aliphatic carbocycles. The van der Waals surface area contributed by atoms with Crippen molar-refractivity contribution in [3.63, 3.8) is 0 Å². The van der Waals surface area contributed by atoms with Crippen LogP contribution < -0.4 is 0 Å². The second-order valence-electron chi connectivity index (χ2n) is 5.68. The first kappa shape index (κ1) is 12.4. The number of hydrogen-bond acceptors (Lipinski definition) is 4. The van der Waals surface area contributed by atoms with Crippen LogP contribution >= 0.6 is 0 Å². The van der Waals surface area contributed by atoms with E-state index in [1.54, 1.807) is 0 Å². The summed E-state index contributed by atoms with van der Waals surface area (Å²) in [6, 6.07) is 0. The molecule has 0 aromatic carbocycles. The highest BCUT2D eigenvalue weighted by atomic mass is 16.6. The van der Waals surface area contributed by atoms with Crippen LogP contribution in [0.3, 0.4) is 0 Å². The summed E-state index contributed by atoms with van der Waals surface area (Å²) in [5, 5.41) is 19.7. The maximum Gasteiger partial charge on any atom is 0.217 e. The molecule has 6 atom stereocenters. The molecule has 0 radical (unpaired) electrons. The van der Waals surface area contributed by atoms with Gasteiger partial charge in [-0.25, -0.2) is 6.57 Å². The molecule has 3 rings (SSSR count). The number of rotatable bonds is 2. The van der Waals surface area contributed by atoms with Gasteiger partial charge in [-0.15, -0.1) is 0 Å². The van der Waals surface area contributed by atoms with Crippen LogP contribution in [0.4, 0.5) is 0 Å². The summed E-state index contributed by atoms with van der Waals surface area (Å²) < 4.78 is 12.0. The van der Waals surface area contributed by atoms with Crippen LogP contribution in [0.2, 0.25) is 0 Å². The third-order valence-corrected chi connectivity index (χ3v) is 4.52. The Labute approximate surface area is 107 Å². The average Bonchev–Trinajstić information content (AvgIpc) is 2.68. The van der Waals surface area contributed by atoms with Gasteiger partial charge in [0.1, 0.15) is 6.10 Å². The van der Waals surface area contributed by atoms with Crippen molar-refractivity contribution in [3.8, 4) is 0 Å². The van der Waals surface area contributed by atoms with Crippen molar-refractivity contribution in [1.82, 2.24) is 0 Å². The minimum absolute atomic E-state index is 0.00140. The van der Waals surface area contributed by atoms with E-state index >= 15 is 0 Å². The summed E-state index contributed by atoms with van der Waals surface area (Å²) >= 11 is 0. The first-order valence-electron chi connectivity index (χ1n) is 6.67. The van der Waals surface area contributed by atoms with Crippen LogP contribution in [0.1, 0.15) is 32.1 Å². The van der Waals surface area contributed by atoms with Crippen molar-refractivity contribution in [2.24, 2.45) is 0 Å². The molecular formula is C13H19NO4. The maximum absolute atomic E-state index is 9.90. The third kappa shape index (κ3) is 1.84. The highest BCUT2D eigenvalue weighted by molar-refractivity contribution is 5.09. The Bertz CT molecular complexity index is 368. The van der Waals surface area contributed by atoms with Crippen LogP contribution in [-0.4, -0.2) is 52.9 Å². The summed E-state index contributed by atoms with van der Waals surface area (Å²) in [6.07, 6.45) is 1.94. The standard InChI is InChI=1S/C13H19NO4/c1-14-5-4-8-2-3-11-13(18-8)6-9(15)12(16)10(7-13)17-11/h8-12,15-16H,2-7H2/t8-,9-,10-,11+,12?,13?/m1/s1. The van der Waals surface area contributed by atoms with Gasteiger partial charge in [-0.3, -0.25) is 0 Å². The number of aliphatic hydroxyl groups excluding tert-OH is 2. The second-order valence-corrected chi connectivity index (χ2v) is 5.68. The molecule has 5 nitrogen and oxygen atoms in total. The molecule has 18 heavy (non-hydrogen) atoms. The lowest BCUT2D eigenvalue weighted by molar-refractivity contribution is -0.177. The van der Waals surface area contributed by atoms with E-state index in [2.05, 4.69) is 4.85 Å². The topological polar surface area (TPSA) is 63.3 Å². The largest absolute Gasteiger partial charge is 0.390 e. The smallest absolute Gasteiger partial charge is 0.217 e. The van der Waals surface area contributed by atoms with Gasteiger partial charge in [-0.1, -0.05) is 0 Å². The highest BCUT2D eigenvalue weighted by Crippen LogP contribution is 2.49. The molecule has 2 unspecified atom stereocenters.